The normalized spacial score (nSPS) is 15.0. The third-order valence-corrected chi connectivity index (χ3v) is 5.95. The minimum atomic E-state index is -0.443. The monoisotopic (exact) mass is 421 g/mol. The summed E-state index contributed by atoms with van der Waals surface area (Å²) in [5, 5.41) is 2.99. The number of esters is 1. The van der Waals surface area contributed by atoms with Crippen molar-refractivity contribution in [1.29, 1.82) is 0 Å². The topological polar surface area (TPSA) is 79.0 Å². The van der Waals surface area contributed by atoms with Crippen LogP contribution in [0.3, 0.4) is 0 Å². The Morgan fingerprint density at radius 2 is 1.68 bits per heavy atom. The molecule has 4 rings (SSSR count). The molecule has 0 spiro atoms. The van der Waals surface area contributed by atoms with E-state index in [-0.39, 0.29) is 11.8 Å². The molecule has 31 heavy (non-hydrogen) atoms. The first-order valence-electron chi connectivity index (χ1n) is 10.7. The van der Waals surface area contributed by atoms with E-state index in [2.05, 4.69) is 10.2 Å². The van der Waals surface area contributed by atoms with Crippen molar-refractivity contribution < 1.29 is 19.1 Å². The van der Waals surface area contributed by atoms with Crippen molar-refractivity contribution in [3.05, 3.63) is 53.1 Å². The van der Waals surface area contributed by atoms with Crippen LogP contribution in [-0.4, -0.2) is 44.5 Å². The molecule has 0 aliphatic carbocycles. The second kappa shape index (κ2) is 8.79. The quantitative estimate of drug-likeness (QED) is 0.746. The van der Waals surface area contributed by atoms with E-state index < -0.39 is 5.97 Å². The molecular formula is C24H27N3O4. The van der Waals surface area contributed by atoms with Crippen LogP contribution in [0.2, 0.25) is 0 Å². The summed E-state index contributed by atoms with van der Waals surface area (Å²) in [5.41, 5.74) is 4.30. The van der Waals surface area contributed by atoms with Gasteiger partial charge in [-0.25, -0.2) is 4.79 Å². The Balaban J connectivity index is 1.60. The zero-order chi connectivity index (χ0) is 22.0. The summed E-state index contributed by atoms with van der Waals surface area (Å²) in [6, 6.07) is 10.7. The predicted molar refractivity (Wildman–Crippen MR) is 120 cm³/mol. The van der Waals surface area contributed by atoms with Crippen molar-refractivity contribution in [2.45, 2.75) is 32.6 Å². The number of anilines is 3. The maximum Gasteiger partial charge on any atom is 0.337 e. The lowest BCUT2D eigenvalue weighted by Crippen LogP contribution is -2.27. The van der Waals surface area contributed by atoms with E-state index in [1.165, 1.54) is 7.11 Å². The van der Waals surface area contributed by atoms with Crippen LogP contribution in [0.15, 0.2) is 36.4 Å². The number of ether oxygens (including phenoxy) is 1. The van der Waals surface area contributed by atoms with Gasteiger partial charge in [0.25, 0.3) is 5.91 Å². The Hall–Kier alpha value is -3.35. The van der Waals surface area contributed by atoms with Gasteiger partial charge < -0.3 is 19.9 Å². The average Bonchev–Trinajstić information content (AvgIpc) is 3.47. The van der Waals surface area contributed by atoms with Gasteiger partial charge in [0.1, 0.15) is 0 Å². The van der Waals surface area contributed by atoms with E-state index in [1.54, 1.807) is 23.1 Å². The van der Waals surface area contributed by atoms with Gasteiger partial charge in [-0.05, 0) is 61.2 Å². The molecule has 0 aromatic heterocycles. The highest BCUT2D eigenvalue weighted by atomic mass is 16.5. The average molecular weight is 421 g/mol. The number of hydrogen-bond donors (Lipinski definition) is 1. The first-order valence-corrected chi connectivity index (χ1v) is 10.7. The molecule has 0 unspecified atom stereocenters. The molecule has 2 amide bonds. The molecular weight excluding hydrogens is 394 g/mol. The zero-order valence-electron chi connectivity index (χ0n) is 17.9. The van der Waals surface area contributed by atoms with E-state index in [0.29, 0.717) is 29.8 Å². The van der Waals surface area contributed by atoms with E-state index >= 15 is 0 Å². The zero-order valence-corrected chi connectivity index (χ0v) is 17.9. The van der Waals surface area contributed by atoms with E-state index in [0.717, 1.165) is 49.3 Å². The van der Waals surface area contributed by atoms with Gasteiger partial charge in [0.2, 0.25) is 5.91 Å². The molecule has 1 N–H and O–H groups in total. The number of nitrogens with one attached hydrogen (secondary N) is 1. The summed E-state index contributed by atoms with van der Waals surface area (Å²) in [5.74, 6) is -0.599. The van der Waals surface area contributed by atoms with Gasteiger partial charge in [-0.1, -0.05) is 6.92 Å². The SMILES string of the molecule is CCC(=O)N1CCc2cc(C(=O)Nc3cc(C(=O)OC)ccc3N3CCCC3)ccc21. The van der Waals surface area contributed by atoms with Crippen molar-refractivity contribution in [2.75, 3.05) is 41.9 Å². The maximum absolute atomic E-state index is 13.1. The number of amides is 2. The van der Waals surface area contributed by atoms with Gasteiger partial charge in [0.15, 0.2) is 0 Å². The number of rotatable bonds is 5. The molecule has 0 atom stereocenters. The summed E-state index contributed by atoms with van der Waals surface area (Å²) in [7, 11) is 1.34. The summed E-state index contributed by atoms with van der Waals surface area (Å²) in [4.78, 5) is 41.2. The third-order valence-electron chi connectivity index (χ3n) is 5.95. The fourth-order valence-corrected chi connectivity index (χ4v) is 4.30. The Kier molecular flexibility index (Phi) is 5.93. The van der Waals surface area contributed by atoms with Crippen molar-refractivity contribution in [3.63, 3.8) is 0 Å². The molecule has 7 heteroatoms. The molecule has 2 aliphatic rings. The van der Waals surface area contributed by atoms with Crippen molar-refractivity contribution >= 4 is 34.8 Å². The third kappa shape index (κ3) is 4.13. The van der Waals surface area contributed by atoms with Gasteiger partial charge in [-0.3, -0.25) is 9.59 Å². The van der Waals surface area contributed by atoms with E-state index in [1.807, 2.05) is 25.1 Å². The van der Waals surface area contributed by atoms with Crippen LogP contribution in [0.1, 0.15) is 52.5 Å². The van der Waals surface area contributed by atoms with Gasteiger partial charge in [0.05, 0.1) is 24.0 Å². The highest BCUT2D eigenvalue weighted by Crippen LogP contribution is 2.32. The predicted octanol–water partition coefficient (Wildman–Crippen LogP) is 3.62. The fraction of sp³-hybridized carbons (Fsp3) is 0.375. The number of methoxy groups -OCH3 is 1. The van der Waals surface area contributed by atoms with Gasteiger partial charge in [0, 0.05) is 37.3 Å². The van der Waals surface area contributed by atoms with Crippen LogP contribution in [-0.2, 0) is 16.0 Å². The lowest BCUT2D eigenvalue weighted by Gasteiger charge is -2.22. The van der Waals surface area contributed by atoms with Crippen LogP contribution in [0.4, 0.5) is 17.1 Å². The lowest BCUT2D eigenvalue weighted by molar-refractivity contribution is -0.118. The summed E-state index contributed by atoms with van der Waals surface area (Å²) in [6.07, 6.45) is 3.39. The second-order valence-corrected chi connectivity index (χ2v) is 7.86. The fourth-order valence-electron chi connectivity index (χ4n) is 4.30. The molecule has 162 valence electrons. The van der Waals surface area contributed by atoms with E-state index in [9.17, 15) is 14.4 Å². The maximum atomic E-state index is 13.1. The van der Waals surface area contributed by atoms with Crippen LogP contribution in [0, 0.1) is 0 Å². The second-order valence-electron chi connectivity index (χ2n) is 7.86. The first kappa shape index (κ1) is 20.9. The summed E-state index contributed by atoms with van der Waals surface area (Å²) in [6.45, 7) is 4.33. The Labute approximate surface area is 182 Å². The Morgan fingerprint density at radius 1 is 0.968 bits per heavy atom. The lowest BCUT2D eigenvalue weighted by atomic mass is 10.1. The molecule has 1 saturated heterocycles. The minimum Gasteiger partial charge on any atom is -0.465 e. The molecule has 2 aliphatic heterocycles. The van der Waals surface area contributed by atoms with Crippen molar-refractivity contribution in [1.82, 2.24) is 0 Å². The van der Waals surface area contributed by atoms with Crippen molar-refractivity contribution in [2.24, 2.45) is 0 Å². The summed E-state index contributed by atoms with van der Waals surface area (Å²) < 4.78 is 4.84. The van der Waals surface area contributed by atoms with Gasteiger partial charge >= 0.3 is 5.97 Å². The highest BCUT2D eigenvalue weighted by molar-refractivity contribution is 6.07. The summed E-state index contributed by atoms with van der Waals surface area (Å²) >= 11 is 0. The minimum absolute atomic E-state index is 0.0887. The van der Waals surface area contributed by atoms with Crippen LogP contribution >= 0.6 is 0 Å². The molecule has 2 heterocycles. The van der Waals surface area contributed by atoms with Crippen molar-refractivity contribution in [3.8, 4) is 0 Å². The number of benzene rings is 2. The molecule has 0 saturated carbocycles. The van der Waals surface area contributed by atoms with E-state index in [4.69, 9.17) is 4.74 Å². The number of carbonyl (C=O) groups is 3. The largest absolute Gasteiger partial charge is 0.465 e. The van der Waals surface area contributed by atoms with Crippen LogP contribution in [0.25, 0.3) is 0 Å². The first-order chi connectivity index (χ1) is 15.0. The number of carbonyl (C=O) groups excluding carboxylic acids is 3. The van der Waals surface area contributed by atoms with Crippen LogP contribution in [0.5, 0.6) is 0 Å². The Morgan fingerprint density at radius 3 is 2.39 bits per heavy atom. The highest BCUT2D eigenvalue weighted by Gasteiger charge is 2.25. The molecule has 0 radical (unpaired) electrons. The molecule has 7 nitrogen and oxygen atoms in total. The Bertz CT molecular complexity index is 1030. The number of fused-ring (bicyclic) bond motifs is 1. The van der Waals surface area contributed by atoms with Gasteiger partial charge in [-0.2, -0.15) is 0 Å². The van der Waals surface area contributed by atoms with Gasteiger partial charge in [-0.15, -0.1) is 0 Å². The molecule has 1 fully saturated rings. The molecule has 2 aromatic rings. The molecule has 2 aromatic carbocycles. The number of hydrogen-bond acceptors (Lipinski definition) is 5. The van der Waals surface area contributed by atoms with Crippen LogP contribution < -0.4 is 15.1 Å². The number of nitrogens with zero attached hydrogens (tertiary/aromatic N) is 2. The molecule has 0 bridgehead atoms. The smallest absolute Gasteiger partial charge is 0.337 e. The standard InChI is InChI=1S/C24H27N3O4/c1-3-22(28)27-13-10-16-14-17(6-8-20(16)27)23(29)25-19-15-18(24(30)31-2)7-9-21(19)26-11-4-5-12-26/h6-9,14-15H,3-5,10-13H2,1-2H3,(H,25,29).